The molecule has 0 radical (unpaired) electrons. The third-order valence-corrected chi connectivity index (χ3v) is 7.48. The molecular weight excluding hydrogens is 412 g/mol. The zero-order chi connectivity index (χ0) is 22.6. The SMILES string of the molecule is O=C(NC1CCN(CC(=O)N2CCN(C3CCC3)CC2)C1)c1ccc(-c2ccccc2)cc1. The van der Waals surface area contributed by atoms with Gasteiger partial charge in [-0.05, 0) is 42.5 Å². The number of benzene rings is 2. The second kappa shape index (κ2) is 10.1. The Balaban J connectivity index is 1.07. The van der Waals surface area contributed by atoms with Gasteiger partial charge in [0.05, 0.1) is 6.54 Å². The van der Waals surface area contributed by atoms with Crippen molar-refractivity contribution in [3.05, 3.63) is 60.2 Å². The Morgan fingerprint density at radius 2 is 1.52 bits per heavy atom. The number of piperazine rings is 1. The summed E-state index contributed by atoms with van der Waals surface area (Å²) in [6, 6.07) is 18.8. The molecule has 33 heavy (non-hydrogen) atoms. The number of hydrogen-bond donors (Lipinski definition) is 1. The molecule has 1 atom stereocenters. The summed E-state index contributed by atoms with van der Waals surface area (Å²) in [6.45, 7) is 5.77. The van der Waals surface area contributed by atoms with Gasteiger partial charge >= 0.3 is 0 Å². The zero-order valence-corrected chi connectivity index (χ0v) is 19.3. The Bertz CT molecular complexity index is 950. The molecule has 2 amide bonds. The van der Waals surface area contributed by atoms with E-state index in [4.69, 9.17) is 0 Å². The molecule has 0 spiro atoms. The second-order valence-corrected chi connectivity index (χ2v) is 9.64. The highest BCUT2D eigenvalue weighted by molar-refractivity contribution is 5.95. The maximum atomic E-state index is 12.8. The maximum Gasteiger partial charge on any atom is 0.251 e. The number of nitrogens with zero attached hydrogens (tertiary/aromatic N) is 3. The van der Waals surface area contributed by atoms with E-state index in [1.165, 1.54) is 19.3 Å². The van der Waals surface area contributed by atoms with E-state index in [0.29, 0.717) is 12.1 Å². The van der Waals surface area contributed by atoms with Gasteiger partial charge in [-0.25, -0.2) is 0 Å². The fourth-order valence-electron chi connectivity index (χ4n) is 5.19. The zero-order valence-electron chi connectivity index (χ0n) is 19.3. The van der Waals surface area contributed by atoms with Crippen LogP contribution in [0.15, 0.2) is 54.6 Å². The summed E-state index contributed by atoms with van der Waals surface area (Å²) in [4.78, 5) is 32.3. The standard InChI is InChI=1S/C27H34N4O2/c32-26(31-17-15-30(16-18-31)25-7-4-8-25)20-29-14-13-24(19-29)28-27(33)23-11-9-22(10-12-23)21-5-2-1-3-6-21/h1-3,5-6,9-12,24-25H,4,7-8,13-20H2,(H,28,33). The summed E-state index contributed by atoms with van der Waals surface area (Å²) in [5.74, 6) is 0.187. The molecule has 1 N–H and O–H groups in total. The van der Waals surface area contributed by atoms with E-state index in [2.05, 4.69) is 27.2 Å². The van der Waals surface area contributed by atoms with Crippen molar-refractivity contribution >= 4 is 11.8 Å². The van der Waals surface area contributed by atoms with Crippen LogP contribution in [0.5, 0.6) is 0 Å². The Morgan fingerprint density at radius 1 is 0.818 bits per heavy atom. The van der Waals surface area contributed by atoms with Crippen molar-refractivity contribution in [2.45, 2.75) is 37.8 Å². The largest absolute Gasteiger partial charge is 0.348 e. The molecule has 6 nitrogen and oxygen atoms in total. The third-order valence-electron chi connectivity index (χ3n) is 7.48. The monoisotopic (exact) mass is 446 g/mol. The van der Waals surface area contributed by atoms with Crippen LogP contribution in [0, 0.1) is 0 Å². The molecule has 1 aliphatic carbocycles. The quantitative estimate of drug-likeness (QED) is 0.742. The minimum atomic E-state index is -0.0418. The van der Waals surface area contributed by atoms with Crippen LogP contribution in [0.2, 0.25) is 0 Å². The molecule has 6 heteroatoms. The molecule has 2 heterocycles. The van der Waals surface area contributed by atoms with Crippen molar-refractivity contribution in [1.29, 1.82) is 0 Å². The van der Waals surface area contributed by atoms with Crippen LogP contribution in [-0.2, 0) is 4.79 Å². The Labute approximate surface area is 196 Å². The summed E-state index contributed by atoms with van der Waals surface area (Å²) < 4.78 is 0. The van der Waals surface area contributed by atoms with Crippen LogP contribution in [0.25, 0.3) is 11.1 Å². The molecule has 174 valence electrons. The molecule has 2 aromatic rings. The first kappa shape index (κ1) is 22.1. The number of likely N-dealkylation sites (tertiary alicyclic amines) is 1. The van der Waals surface area contributed by atoms with Gasteiger partial charge in [-0.3, -0.25) is 19.4 Å². The fraction of sp³-hybridized carbons (Fsp3) is 0.481. The van der Waals surface area contributed by atoms with Gasteiger partial charge in [0.15, 0.2) is 0 Å². The van der Waals surface area contributed by atoms with Gasteiger partial charge in [0.25, 0.3) is 5.91 Å². The van der Waals surface area contributed by atoms with E-state index in [-0.39, 0.29) is 17.9 Å². The van der Waals surface area contributed by atoms with Crippen LogP contribution >= 0.6 is 0 Å². The summed E-state index contributed by atoms with van der Waals surface area (Å²) in [5, 5.41) is 3.16. The Hall–Kier alpha value is -2.70. The van der Waals surface area contributed by atoms with Crippen molar-refractivity contribution in [2.75, 3.05) is 45.8 Å². The number of carbonyl (C=O) groups excluding carboxylic acids is 2. The average Bonchev–Trinajstić information content (AvgIpc) is 3.25. The van der Waals surface area contributed by atoms with Crippen molar-refractivity contribution < 1.29 is 9.59 Å². The number of nitrogens with one attached hydrogen (secondary N) is 1. The summed E-state index contributed by atoms with van der Waals surface area (Å²) in [7, 11) is 0. The minimum Gasteiger partial charge on any atom is -0.348 e. The fourth-order valence-corrected chi connectivity index (χ4v) is 5.19. The van der Waals surface area contributed by atoms with Crippen LogP contribution in [0.1, 0.15) is 36.0 Å². The molecule has 2 aliphatic heterocycles. The van der Waals surface area contributed by atoms with E-state index < -0.39 is 0 Å². The molecule has 3 fully saturated rings. The van der Waals surface area contributed by atoms with Gasteiger partial charge in [-0.2, -0.15) is 0 Å². The topological polar surface area (TPSA) is 55.9 Å². The van der Waals surface area contributed by atoms with Crippen LogP contribution < -0.4 is 5.32 Å². The van der Waals surface area contributed by atoms with E-state index >= 15 is 0 Å². The maximum absolute atomic E-state index is 12.8. The first-order valence-corrected chi connectivity index (χ1v) is 12.4. The molecule has 1 unspecified atom stereocenters. The molecular formula is C27H34N4O2. The van der Waals surface area contributed by atoms with E-state index in [1.54, 1.807) is 0 Å². The smallest absolute Gasteiger partial charge is 0.251 e. The molecule has 2 aromatic carbocycles. The highest BCUT2D eigenvalue weighted by atomic mass is 16.2. The lowest BCUT2D eigenvalue weighted by Gasteiger charge is -2.43. The Morgan fingerprint density at radius 3 is 2.18 bits per heavy atom. The van der Waals surface area contributed by atoms with Gasteiger partial charge in [-0.15, -0.1) is 0 Å². The predicted molar refractivity (Wildman–Crippen MR) is 130 cm³/mol. The molecule has 0 aromatic heterocycles. The molecule has 2 saturated heterocycles. The lowest BCUT2D eigenvalue weighted by atomic mass is 9.91. The van der Waals surface area contributed by atoms with Gasteiger partial charge in [0, 0.05) is 56.9 Å². The van der Waals surface area contributed by atoms with E-state index in [1.807, 2.05) is 47.4 Å². The Kier molecular flexibility index (Phi) is 6.74. The lowest BCUT2D eigenvalue weighted by molar-refractivity contribution is -0.134. The number of rotatable bonds is 6. The normalized spacial score (nSPS) is 22.2. The number of amides is 2. The predicted octanol–water partition coefficient (Wildman–Crippen LogP) is 2.85. The van der Waals surface area contributed by atoms with Crippen LogP contribution in [-0.4, -0.2) is 84.4 Å². The van der Waals surface area contributed by atoms with Gasteiger partial charge in [-0.1, -0.05) is 48.9 Å². The number of hydrogen-bond acceptors (Lipinski definition) is 4. The molecule has 5 rings (SSSR count). The van der Waals surface area contributed by atoms with E-state index in [0.717, 1.165) is 62.9 Å². The van der Waals surface area contributed by atoms with Crippen molar-refractivity contribution in [1.82, 2.24) is 20.0 Å². The van der Waals surface area contributed by atoms with Crippen molar-refractivity contribution in [3.8, 4) is 11.1 Å². The average molecular weight is 447 g/mol. The van der Waals surface area contributed by atoms with Gasteiger partial charge in [0.1, 0.15) is 0 Å². The first-order chi connectivity index (χ1) is 16.2. The summed E-state index contributed by atoms with van der Waals surface area (Å²) >= 11 is 0. The highest BCUT2D eigenvalue weighted by Gasteiger charge is 2.31. The summed E-state index contributed by atoms with van der Waals surface area (Å²) in [6.07, 6.45) is 4.89. The van der Waals surface area contributed by atoms with Crippen LogP contribution in [0.3, 0.4) is 0 Å². The van der Waals surface area contributed by atoms with Crippen molar-refractivity contribution in [2.24, 2.45) is 0 Å². The third kappa shape index (κ3) is 5.28. The molecule has 3 aliphatic rings. The van der Waals surface area contributed by atoms with E-state index in [9.17, 15) is 9.59 Å². The summed E-state index contributed by atoms with van der Waals surface area (Å²) in [5.41, 5.74) is 2.92. The van der Waals surface area contributed by atoms with Gasteiger partial charge < -0.3 is 10.2 Å². The van der Waals surface area contributed by atoms with Gasteiger partial charge in [0.2, 0.25) is 5.91 Å². The molecule has 0 bridgehead atoms. The molecule has 1 saturated carbocycles. The lowest BCUT2D eigenvalue weighted by Crippen LogP contribution is -2.55. The van der Waals surface area contributed by atoms with Crippen LogP contribution in [0.4, 0.5) is 0 Å². The number of carbonyl (C=O) groups is 2. The minimum absolute atomic E-state index is 0.0418. The van der Waals surface area contributed by atoms with Crippen molar-refractivity contribution in [3.63, 3.8) is 0 Å². The first-order valence-electron chi connectivity index (χ1n) is 12.4. The highest BCUT2D eigenvalue weighted by Crippen LogP contribution is 2.25. The second-order valence-electron chi connectivity index (χ2n) is 9.64.